The number of benzene rings is 1. The Bertz CT molecular complexity index is 1210. The summed E-state index contributed by atoms with van der Waals surface area (Å²) < 4.78 is 7.70. The van der Waals surface area contributed by atoms with E-state index in [-0.39, 0.29) is 12.1 Å². The second-order valence-electron chi connectivity index (χ2n) is 8.77. The van der Waals surface area contributed by atoms with Crippen LogP contribution in [0.1, 0.15) is 48.7 Å². The van der Waals surface area contributed by atoms with Gasteiger partial charge in [0.05, 0.1) is 18.7 Å². The zero-order chi connectivity index (χ0) is 22.8. The highest BCUT2D eigenvalue weighted by molar-refractivity contribution is 5.78. The lowest BCUT2D eigenvalue weighted by Gasteiger charge is -2.13. The summed E-state index contributed by atoms with van der Waals surface area (Å²) in [4.78, 5) is 21.3. The lowest BCUT2D eigenvalue weighted by molar-refractivity contribution is 0.286. The van der Waals surface area contributed by atoms with Crippen molar-refractivity contribution in [3.63, 3.8) is 0 Å². The molecular formula is C26H30N4O2. The molecule has 1 saturated carbocycles. The largest absolute Gasteiger partial charge is 0.477 e. The van der Waals surface area contributed by atoms with Crippen molar-refractivity contribution in [1.82, 2.24) is 14.5 Å². The number of nitrogens with one attached hydrogen (secondary N) is 1. The quantitative estimate of drug-likeness (QED) is 0.525. The highest BCUT2D eigenvalue weighted by atomic mass is 16.5. The molecule has 32 heavy (non-hydrogen) atoms. The number of aromatic nitrogens is 3. The molecule has 0 bridgehead atoms. The summed E-state index contributed by atoms with van der Waals surface area (Å²) >= 11 is 0. The minimum absolute atomic E-state index is 0.158. The Labute approximate surface area is 188 Å². The fraction of sp³-hybridized carbons (Fsp3) is 0.385. The van der Waals surface area contributed by atoms with Gasteiger partial charge in [-0.2, -0.15) is 4.98 Å². The molecule has 2 atom stereocenters. The predicted octanol–water partition coefficient (Wildman–Crippen LogP) is 4.71. The summed E-state index contributed by atoms with van der Waals surface area (Å²) in [7, 11) is 0. The van der Waals surface area contributed by atoms with E-state index in [1.54, 1.807) is 25.4 Å². The minimum Gasteiger partial charge on any atom is -0.477 e. The second-order valence-corrected chi connectivity index (χ2v) is 8.77. The van der Waals surface area contributed by atoms with Crippen LogP contribution in [0, 0.1) is 25.2 Å². The van der Waals surface area contributed by atoms with Gasteiger partial charge in [-0.3, -0.25) is 4.79 Å². The van der Waals surface area contributed by atoms with Crippen molar-refractivity contribution in [2.45, 2.75) is 53.0 Å². The highest BCUT2D eigenvalue weighted by Crippen LogP contribution is 2.49. The molecule has 6 heteroatoms. The van der Waals surface area contributed by atoms with E-state index in [0.717, 1.165) is 18.4 Å². The van der Waals surface area contributed by atoms with Crippen LogP contribution in [0.4, 0.5) is 0 Å². The predicted molar refractivity (Wildman–Crippen MR) is 127 cm³/mol. The van der Waals surface area contributed by atoms with Crippen LogP contribution in [-0.2, 0) is 13.0 Å². The molecule has 2 heterocycles. The smallest absolute Gasteiger partial charge is 0.251 e. The SMILES string of the molecule is CCc1cc(C)ccc1C1CC1COc1nc(C)ncc1-c1ccn(CC(C)=N)c(=O)c1. The van der Waals surface area contributed by atoms with Crippen molar-refractivity contribution in [1.29, 1.82) is 5.41 Å². The fourth-order valence-corrected chi connectivity index (χ4v) is 4.22. The Kier molecular flexibility index (Phi) is 6.21. The molecule has 1 aliphatic rings. The van der Waals surface area contributed by atoms with Crippen LogP contribution in [0.25, 0.3) is 11.1 Å². The van der Waals surface area contributed by atoms with E-state index < -0.39 is 0 Å². The first kappa shape index (κ1) is 21.9. The van der Waals surface area contributed by atoms with Gasteiger partial charge in [0.15, 0.2) is 0 Å². The van der Waals surface area contributed by atoms with Gasteiger partial charge in [0.2, 0.25) is 5.88 Å². The molecule has 0 spiro atoms. The topological polar surface area (TPSA) is 80.9 Å². The van der Waals surface area contributed by atoms with Crippen molar-refractivity contribution in [3.05, 3.63) is 75.6 Å². The van der Waals surface area contributed by atoms with E-state index in [0.29, 0.717) is 41.4 Å². The minimum atomic E-state index is -0.158. The molecule has 2 unspecified atom stereocenters. The number of nitrogens with zero attached hydrogens (tertiary/aromatic N) is 3. The van der Waals surface area contributed by atoms with E-state index >= 15 is 0 Å². The van der Waals surface area contributed by atoms with Gasteiger partial charge < -0.3 is 14.7 Å². The van der Waals surface area contributed by atoms with Gasteiger partial charge >= 0.3 is 0 Å². The van der Waals surface area contributed by atoms with E-state index in [1.165, 1.54) is 21.3 Å². The van der Waals surface area contributed by atoms with Gasteiger partial charge in [-0.05, 0) is 62.3 Å². The maximum Gasteiger partial charge on any atom is 0.251 e. The lowest BCUT2D eigenvalue weighted by atomic mass is 9.98. The van der Waals surface area contributed by atoms with E-state index in [1.807, 2.05) is 13.0 Å². The van der Waals surface area contributed by atoms with Gasteiger partial charge in [0, 0.05) is 30.1 Å². The maximum atomic E-state index is 12.5. The van der Waals surface area contributed by atoms with Crippen molar-refractivity contribution in [3.8, 4) is 17.0 Å². The zero-order valence-electron chi connectivity index (χ0n) is 19.2. The fourth-order valence-electron chi connectivity index (χ4n) is 4.22. The molecule has 0 radical (unpaired) electrons. The summed E-state index contributed by atoms with van der Waals surface area (Å²) in [5, 5.41) is 7.62. The van der Waals surface area contributed by atoms with Crippen LogP contribution in [0.3, 0.4) is 0 Å². The van der Waals surface area contributed by atoms with Crippen LogP contribution < -0.4 is 10.3 Å². The van der Waals surface area contributed by atoms with E-state index in [4.69, 9.17) is 10.1 Å². The van der Waals surface area contributed by atoms with Crippen LogP contribution in [0.15, 0.2) is 47.5 Å². The average Bonchev–Trinajstić information content (AvgIpc) is 3.53. The molecule has 1 aromatic carbocycles. The number of ether oxygens (including phenoxy) is 1. The van der Waals surface area contributed by atoms with E-state index in [9.17, 15) is 4.79 Å². The molecule has 0 saturated heterocycles. The molecule has 0 amide bonds. The molecule has 4 rings (SSSR count). The molecule has 0 aliphatic heterocycles. The Morgan fingerprint density at radius 3 is 2.78 bits per heavy atom. The first-order valence-electron chi connectivity index (χ1n) is 11.2. The Morgan fingerprint density at radius 2 is 2.06 bits per heavy atom. The monoisotopic (exact) mass is 430 g/mol. The van der Waals surface area contributed by atoms with Crippen molar-refractivity contribution < 1.29 is 4.74 Å². The van der Waals surface area contributed by atoms with Crippen molar-refractivity contribution in [2.24, 2.45) is 5.92 Å². The summed E-state index contributed by atoms with van der Waals surface area (Å²) in [5.41, 5.74) is 5.89. The standard InChI is InChI=1S/C26H30N4O2/c1-5-19-10-16(2)6-7-22(19)23-11-21(23)15-32-26-24(13-28-18(4)29-26)20-8-9-30(14-17(3)27)25(31)12-20/h6-10,12-13,21,23,27H,5,11,14-15H2,1-4H3. The molecule has 166 valence electrons. The summed E-state index contributed by atoms with van der Waals surface area (Å²) in [5.74, 6) is 2.15. The molecule has 3 aromatic rings. The number of aryl methyl sites for hydroxylation is 3. The maximum absolute atomic E-state index is 12.5. The Morgan fingerprint density at radius 1 is 1.25 bits per heavy atom. The van der Waals surface area contributed by atoms with Gasteiger partial charge in [-0.25, -0.2) is 4.98 Å². The molecule has 2 aromatic heterocycles. The van der Waals surface area contributed by atoms with Crippen molar-refractivity contribution in [2.75, 3.05) is 6.61 Å². The molecular weight excluding hydrogens is 400 g/mol. The average molecular weight is 431 g/mol. The third-order valence-corrected chi connectivity index (χ3v) is 6.02. The van der Waals surface area contributed by atoms with E-state index in [2.05, 4.69) is 42.0 Å². The van der Waals surface area contributed by atoms with Gasteiger partial charge in [0.25, 0.3) is 5.56 Å². The van der Waals surface area contributed by atoms with Crippen LogP contribution in [0.5, 0.6) is 5.88 Å². The van der Waals surface area contributed by atoms with Crippen molar-refractivity contribution >= 4 is 5.71 Å². The summed E-state index contributed by atoms with van der Waals surface area (Å²) in [6.45, 7) is 8.75. The summed E-state index contributed by atoms with van der Waals surface area (Å²) in [6.07, 6.45) is 5.59. The molecule has 1 aliphatic carbocycles. The van der Waals surface area contributed by atoms with Gasteiger partial charge in [0.1, 0.15) is 5.82 Å². The Hall–Kier alpha value is -3.28. The summed E-state index contributed by atoms with van der Waals surface area (Å²) in [6, 6.07) is 10.2. The molecule has 1 N–H and O–H groups in total. The lowest BCUT2D eigenvalue weighted by Crippen LogP contribution is -2.21. The van der Waals surface area contributed by atoms with Crippen LogP contribution in [-0.4, -0.2) is 26.9 Å². The number of hydrogen-bond donors (Lipinski definition) is 1. The number of hydrogen-bond acceptors (Lipinski definition) is 5. The zero-order valence-corrected chi connectivity index (χ0v) is 19.2. The van der Waals surface area contributed by atoms with Gasteiger partial charge in [-0.15, -0.1) is 0 Å². The number of rotatable bonds is 8. The first-order chi connectivity index (χ1) is 15.4. The normalized spacial score (nSPS) is 17.2. The third kappa shape index (κ3) is 4.79. The number of pyridine rings is 1. The Balaban J connectivity index is 1.51. The van der Waals surface area contributed by atoms with Crippen LogP contribution >= 0.6 is 0 Å². The van der Waals surface area contributed by atoms with Gasteiger partial charge in [-0.1, -0.05) is 30.7 Å². The second kappa shape index (κ2) is 9.07. The molecule has 1 fully saturated rings. The first-order valence-corrected chi connectivity index (χ1v) is 11.2. The highest BCUT2D eigenvalue weighted by Gasteiger charge is 2.40. The third-order valence-electron chi connectivity index (χ3n) is 6.02. The van der Waals surface area contributed by atoms with Crippen LogP contribution in [0.2, 0.25) is 0 Å². The molecule has 6 nitrogen and oxygen atoms in total.